The molecular formula is C22H23N3O5. The summed E-state index contributed by atoms with van der Waals surface area (Å²) in [6, 6.07) is 8.21. The Hall–Kier alpha value is -3.68. The predicted octanol–water partition coefficient (Wildman–Crippen LogP) is 2.84. The molecule has 3 aromatic rings. The summed E-state index contributed by atoms with van der Waals surface area (Å²) < 4.78 is 4.26. The van der Waals surface area contributed by atoms with E-state index in [0.717, 1.165) is 41.7 Å². The van der Waals surface area contributed by atoms with Crippen LogP contribution in [0.1, 0.15) is 28.3 Å². The lowest BCUT2D eigenvalue weighted by atomic mass is 9.85. The Bertz CT molecular complexity index is 1120. The van der Waals surface area contributed by atoms with Gasteiger partial charge in [-0.15, -0.1) is 0 Å². The summed E-state index contributed by atoms with van der Waals surface area (Å²) in [6.45, 7) is 2.71. The second kappa shape index (κ2) is 8.77. The van der Waals surface area contributed by atoms with Gasteiger partial charge in [-0.25, -0.2) is 14.6 Å². The number of aromatic nitrogens is 3. The molecule has 2 heterocycles. The number of imidazole rings is 1. The van der Waals surface area contributed by atoms with Crippen LogP contribution in [-0.2, 0) is 29.6 Å². The number of hydrogen-bond donors (Lipinski definition) is 2. The van der Waals surface area contributed by atoms with E-state index in [4.69, 9.17) is 10.2 Å². The molecule has 0 spiro atoms. The highest BCUT2D eigenvalue weighted by Crippen LogP contribution is 2.34. The lowest BCUT2D eigenvalue weighted by Gasteiger charge is -2.23. The summed E-state index contributed by atoms with van der Waals surface area (Å²) in [6.07, 6.45) is 6.75. The summed E-state index contributed by atoms with van der Waals surface area (Å²) in [5.41, 5.74) is 3.28. The van der Waals surface area contributed by atoms with Crippen molar-refractivity contribution >= 4 is 28.6 Å². The van der Waals surface area contributed by atoms with Gasteiger partial charge in [0, 0.05) is 66.2 Å². The number of para-hydroxylation sites is 1. The van der Waals surface area contributed by atoms with E-state index in [2.05, 4.69) is 33.3 Å². The maximum atomic E-state index is 13.0. The molecule has 0 fully saturated rings. The Morgan fingerprint density at radius 1 is 1.20 bits per heavy atom. The Balaban J connectivity index is 0.000000275. The van der Waals surface area contributed by atoms with E-state index in [-0.39, 0.29) is 11.7 Å². The summed E-state index contributed by atoms with van der Waals surface area (Å²) in [4.78, 5) is 36.4. The molecule has 8 heteroatoms. The molecule has 0 radical (unpaired) electrons. The number of ketones is 1. The first kappa shape index (κ1) is 21.0. The Morgan fingerprint density at radius 2 is 1.87 bits per heavy atom. The van der Waals surface area contributed by atoms with E-state index in [9.17, 15) is 14.4 Å². The van der Waals surface area contributed by atoms with Crippen LogP contribution in [-0.4, -0.2) is 42.1 Å². The molecule has 8 nitrogen and oxygen atoms in total. The van der Waals surface area contributed by atoms with Crippen molar-refractivity contribution in [3.8, 4) is 0 Å². The molecular weight excluding hydrogens is 386 g/mol. The van der Waals surface area contributed by atoms with E-state index >= 15 is 0 Å². The Labute approximate surface area is 173 Å². The van der Waals surface area contributed by atoms with Crippen molar-refractivity contribution < 1.29 is 24.6 Å². The van der Waals surface area contributed by atoms with Crippen LogP contribution in [0.25, 0.3) is 10.9 Å². The maximum absolute atomic E-state index is 13.0. The minimum atomic E-state index is -1.26. The number of hydrogen-bond acceptors (Lipinski definition) is 4. The minimum Gasteiger partial charge on any atom is -0.478 e. The van der Waals surface area contributed by atoms with Crippen LogP contribution in [0.4, 0.5) is 0 Å². The number of carboxylic acid groups (broad SMARTS) is 2. The fraction of sp³-hybridized carbons (Fsp3) is 0.273. The van der Waals surface area contributed by atoms with Gasteiger partial charge in [-0.3, -0.25) is 4.79 Å². The largest absolute Gasteiger partial charge is 0.478 e. The van der Waals surface area contributed by atoms with E-state index in [1.807, 2.05) is 25.3 Å². The molecule has 4 rings (SSSR count). The first-order chi connectivity index (χ1) is 14.3. The van der Waals surface area contributed by atoms with Gasteiger partial charge >= 0.3 is 11.9 Å². The lowest BCUT2D eigenvalue weighted by Crippen LogP contribution is -2.27. The topological polar surface area (TPSA) is 114 Å². The highest BCUT2D eigenvalue weighted by atomic mass is 16.4. The van der Waals surface area contributed by atoms with E-state index in [0.29, 0.717) is 12.2 Å². The van der Waals surface area contributed by atoms with E-state index < -0.39 is 11.9 Å². The molecule has 0 saturated carbocycles. The quantitative estimate of drug-likeness (QED) is 0.641. The van der Waals surface area contributed by atoms with Gasteiger partial charge in [-0.2, -0.15) is 0 Å². The van der Waals surface area contributed by atoms with Gasteiger partial charge in [0.25, 0.3) is 0 Å². The van der Waals surface area contributed by atoms with Crippen molar-refractivity contribution in [2.45, 2.75) is 26.3 Å². The molecule has 0 bridgehead atoms. The third kappa shape index (κ3) is 4.32. The molecule has 2 N–H and O–H groups in total. The van der Waals surface area contributed by atoms with Gasteiger partial charge < -0.3 is 19.3 Å². The SMILES string of the molecule is Cc1nccn1C[C@H]1CCc2c(c3ccccc3n2C)C1=O.O=C(O)/C=C\C(=O)O. The summed E-state index contributed by atoms with van der Waals surface area (Å²) in [5.74, 6) is -1.21. The van der Waals surface area contributed by atoms with Gasteiger partial charge in [-0.1, -0.05) is 18.2 Å². The molecule has 2 aromatic heterocycles. The number of fused-ring (bicyclic) bond motifs is 3. The lowest BCUT2D eigenvalue weighted by molar-refractivity contribution is -0.134. The molecule has 1 aromatic carbocycles. The normalized spacial score (nSPS) is 15.7. The summed E-state index contributed by atoms with van der Waals surface area (Å²) >= 11 is 0. The van der Waals surface area contributed by atoms with Crippen LogP contribution >= 0.6 is 0 Å². The van der Waals surface area contributed by atoms with Crippen LogP contribution < -0.4 is 0 Å². The average Bonchev–Trinajstić information content (AvgIpc) is 3.24. The van der Waals surface area contributed by atoms with Crippen molar-refractivity contribution in [3.05, 3.63) is 65.9 Å². The van der Waals surface area contributed by atoms with Crippen LogP contribution in [0.2, 0.25) is 0 Å². The number of carbonyl (C=O) groups excluding carboxylic acids is 1. The van der Waals surface area contributed by atoms with Crippen LogP contribution in [0.15, 0.2) is 48.8 Å². The highest BCUT2D eigenvalue weighted by molar-refractivity contribution is 6.11. The standard InChI is InChI=1S/C18H19N3O.C4H4O4/c1-12-19-9-10-21(12)11-13-7-8-16-17(18(13)22)14-5-3-4-6-15(14)20(16)2;5-3(6)1-2-4(7)8/h3-6,9-10,13H,7-8,11H2,1-2H3;1-2H,(H,5,6)(H,7,8)/b;2-1-/t13-;/m1./s1. The van der Waals surface area contributed by atoms with Gasteiger partial charge in [0.2, 0.25) is 0 Å². The molecule has 1 aliphatic carbocycles. The number of Topliss-reactive ketones (excluding diaryl/α,β-unsaturated/α-hetero) is 1. The first-order valence-electron chi connectivity index (χ1n) is 9.51. The zero-order chi connectivity index (χ0) is 21.8. The minimum absolute atomic E-state index is 0.0474. The number of nitrogens with zero attached hydrogens (tertiary/aromatic N) is 3. The van der Waals surface area contributed by atoms with Crippen LogP contribution in [0.3, 0.4) is 0 Å². The van der Waals surface area contributed by atoms with Crippen LogP contribution in [0.5, 0.6) is 0 Å². The van der Waals surface area contributed by atoms with Crippen molar-refractivity contribution in [1.29, 1.82) is 0 Å². The second-order valence-corrected chi connectivity index (χ2v) is 7.13. The zero-order valence-electron chi connectivity index (χ0n) is 16.8. The molecule has 0 aliphatic heterocycles. The van der Waals surface area contributed by atoms with Crippen molar-refractivity contribution in [1.82, 2.24) is 14.1 Å². The molecule has 1 aliphatic rings. The van der Waals surface area contributed by atoms with Crippen molar-refractivity contribution in [2.75, 3.05) is 0 Å². The van der Waals surface area contributed by atoms with Gasteiger partial charge in [0.1, 0.15) is 5.82 Å². The highest BCUT2D eigenvalue weighted by Gasteiger charge is 2.32. The fourth-order valence-corrected chi connectivity index (χ4v) is 3.81. The number of aryl methyl sites for hydroxylation is 2. The number of benzene rings is 1. The summed E-state index contributed by atoms with van der Waals surface area (Å²) in [7, 11) is 2.06. The third-order valence-corrected chi connectivity index (χ3v) is 5.28. The molecule has 1 atom stereocenters. The Morgan fingerprint density at radius 3 is 2.47 bits per heavy atom. The predicted molar refractivity (Wildman–Crippen MR) is 110 cm³/mol. The number of carboxylic acids is 2. The number of aliphatic carboxylic acids is 2. The van der Waals surface area contributed by atoms with E-state index in [1.54, 1.807) is 6.20 Å². The molecule has 0 amide bonds. The number of carbonyl (C=O) groups is 3. The van der Waals surface area contributed by atoms with E-state index in [1.165, 1.54) is 5.69 Å². The van der Waals surface area contributed by atoms with Crippen molar-refractivity contribution in [2.24, 2.45) is 13.0 Å². The fourth-order valence-electron chi connectivity index (χ4n) is 3.81. The monoisotopic (exact) mass is 409 g/mol. The second-order valence-electron chi connectivity index (χ2n) is 7.13. The summed E-state index contributed by atoms with van der Waals surface area (Å²) in [5, 5.41) is 16.7. The molecule has 156 valence electrons. The molecule has 0 unspecified atom stereocenters. The zero-order valence-corrected chi connectivity index (χ0v) is 16.8. The van der Waals surface area contributed by atoms with Gasteiger partial charge in [-0.05, 0) is 25.8 Å². The smallest absolute Gasteiger partial charge is 0.328 e. The van der Waals surface area contributed by atoms with Crippen LogP contribution in [0, 0.1) is 12.8 Å². The van der Waals surface area contributed by atoms with Crippen molar-refractivity contribution in [3.63, 3.8) is 0 Å². The van der Waals surface area contributed by atoms with Gasteiger partial charge in [0.15, 0.2) is 5.78 Å². The van der Waals surface area contributed by atoms with Gasteiger partial charge in [0.05, 0.1) is 0 Å². The first-order valence-corrected chi connectivity index (χ1v) is 9.51. The molecule has 0 saturated heterocycles. The maximum Gasteiger partial charge on any atom is 0.328 e. The Kier molecular flexibility index (Phi) is 6.15. The molecule has 30 heavy (non-hydrogen) atoms. The average molecular weight is 409 g/mol. The number of rotatable bonds is 4. The third-order valence-electron chi connectivity index (χ3n) is 5.28.